The number of hydrogen-bond donors (Lipinski definition) is 1. The summed E-state index contributed by atoms with van der Waals surface area (Å²) in [6, 6.07) is 13.3. The molecular formula is C17H19BrN2S. The third kappa shape index (κ3) is 3.61. The van der Waals surface area contributed by atoms with Crippen LogP contribution in [0.15, 0.2) is 45.9 Å². The number of aliphatic imine (C=N–C) groups is 1. The zero-order valence-electron chi connectivity index (χ0n) is 12.3. The topological polar surface area (TPSA) is 24.4 Å². The maximum Gasteiger partial charge on any atom is 0.161 e. The Morgan fingerprint density at radius 2 is 1.95 bits per heavy atom. The van der Waals surface area contributed by atoms with Crippen molar-refractivity contribution in [1.29, 1.82) is 0 Å². The van der Waals surface area contributed by atoms with Crippen molar-refractivity contribution in [2.24, 2.45) is 10.9 Å². The molecule has 1 aliphatic rings. The Balaban J connectivity index is 1.83. The fourth-order valence-electron chi connectivity index (χ4n) is 2.50. The van der Waals surface area contributed by atoms with Gasteiger partial charge in [0.05, 0.1) is 6.04 Å². The highest BCUT2D eigenvalue weighted by atomic mass is 79.9. The molecule has 0 spiro atoms. The molecule has 0 bridgehead atoms. The normalized spacial score (nSPS) is 18.9. The molecule has 1 heterocycles. The number of fused-ring (bicyclic) bond motifs is 1. The smallest absolute Gasteiger partial charge is 0.161 e. The van der Waals surface area contributed by atoms with Crippen molar-refractivity contribution in [1.82, 2.24) is 0 Å². The Bertz CT molecular complexity index is 682. The van der Waals surface area contributed by atoms with Gasteiger partial charge in [-0.2, -0.15) is 0 Å². The molecular weight excluding hydrogens is 344 g/mol. The number of nitrogens with zero attached hydrogens (tertiary/aromatic N) is 1. The monoisotopic (exact) mass is 362 g/mol. The molecule has 0 aliphatic carbocycles. The van der Waals surface area contributed by atoms with E-state index >= 15 is 0 Å². The van der Waals surface area contributed by atoms with Gasteiger partial charge in [-0.1, -0.05) is 53.7 Å². The third-order valence-electron chi connectivity index (χ3n) is 3.76. The summed E-state index contributed by atoms with van der Waals surface area (Å²) in [4.78, 5) is 4.83. The second-order valence-electron chi connectivity index (χ2n) is 5.71. The zero-order valence-corrected chi connectivity index (χ0v) is 14.7. The predicted octanol–water partition coefficient (Wildman–Crippen LogP) is 5.53. The maximum absolute atomic E-state index is 4.83. The van der Waals surface area contributed by atoms with Gasteiger partial charge in [-0.15, -0.1) is 0 Å². The first-order valence-corrected chi connectivity index (χ1v) is 9.06. The molecule has 3 rings (SSSR count). The summed E-state index contributed by atoms with van der Waals surface area (Å²) in [5, 5.41) is 7.01. The number of rotatable bonds is 2. The third-order valence-corrected chi connectivity index (χ3v) is 5.17. The number of nitrogens with one attached hydrogen (secondary N) is 1. The van der Waals surface area contributed by atoms with E-state index in [-0.39, 0.29) is 0 Å². The van der Waals surface area contributed by atoms with E-state index in [1.165, 1.54) is 17.2 Å². The van der Waals surface area contributed by atoms with Crippen LogP contribution in [0.4, 0.5) is 5.69 Å². The summed E-state index contributed by atoms with van der Waals surface area (Å²) < 4.78 is 1.11. The summed E-state index contributed by atoms with van der Waals surface area (Å²) in [6.45, 7) is 4.49. The maximum atomic E-state index is 4.83. The van der Waals surface area contributed by atoms with Gasteiger partial charge in [0, 0.05) is 15.9 Å². The first-order chi connectivity index (χ1) is 10.1. The molecule has 110 valence electrons. The van der Waals surface area contributed by atoms with Crippen LogP contribution in [-0.2, 0) is 0 Å². The molecule has 0 amide bonds. The van der Waals surface area contributed by atoms with Gasteiger partial charge in [-0.3, -0.25) is 4.99 Å². The lowest BCUT2D eigenvalue weighted by Crippen LogP contribution is -2.23. The van der Waals surface area contributed by atoms with Gasteiger partial charge in [0.25, 0.3) is 0 Å². The second-order valence-corrected chi connectivity index (χ2v) is 7.71. The number of thioether (sulfide) groups is 1. The summed E-state index contributed by atoms with van der Waals surface area (Å²) in [6.07, 6.45) is 1.18. The highest BCUT2D eigenvalue weighted by Crippen LogP contribution is 2.26. The molecule has 0 aromatic heterocycles. The van der Waals surface area contributed by atoms with Gasteiger partial charge < -0.3 is 5.32 Å². The Morgan fingerprint density at radius 1 is 1.19 bits per heavy atom. The molecule has 2 aromatic carbocycles. The first kappa shape index (κ1) is 14.9. The van der Waals surface area contributed by atoms with Crippen molar-refractivity contribution < 1.29 is 0 Å². The molecule has 1 atom stereocenters. The van der Waals surface area contributed by atoms with Crippen LogP contribution in [-0.4, -0.2) is 17.0 Å². The molecule has 0 radical (unpaired) electrons. The Hall–Kier alpha value is -1.00. The van der Waals surface area contributed by atoms with E-state index in [0.717, 1.165) is 21.1 Å². The van der Waals surface area contributed by atoms with E-state index in [2.05, 4.69) is 71.5 Å². The minimum Gasteiger partial charge on any atom is -0.335 e. The average molecular weight is 363 g/mol. The van der Waals surface area contributed by atoms with Crippen molar-refractivity contribution in [2.75, 3.05) is 11.1 Å². The highest BCUT2D eigenvalue weighted by Gasteiger charge is 2.18. The van der Waals surface area contributed by atoms with Crippen molar-refractivity contribution in [2.45, 2.75) is 26.3 Å². The Labute approximate surface area is 138 Å². The van der Waals surface area contributed by atoms with Gasteiger partial charge in [0.15, 0.2) is 5.17 Å². The van der Waals surface area contributed by atoms with E-state index < -0.39 is 0 Å². The van der Waals surface area contributed by atoms with Crippen LogP contribution in [0.2, 0.25) is 0 Å². The average Bonchev–Trinajstić information content (AvgIpc) is 2.48. The number of benzene rings is 2. The second kappa shape index (κ2) is 6.41. The lowest BCUT2D eigenvalue weighted by Gasteiger charge is -2.23. The molecule has 0 saturated carbocycles. The molecule has 0 fully saturated rings. The molecule has 2 nitrogen and oxygen atoms in total. The van der Waals surface area contributed by atoms with Crippen molar-refractivity contribution in [3.63, 3.8) is 0 Å². The summed E-state index contributed by atoms with van der Waals surface area (Å²) in [5.41, 5.74) is 1.11. The zero-order chi connectivity index (χ0) is 14.8. The molecule has 4 heteroatoms. The van der Waals surface area contributed by atoms with Crippen LogP contribution in [0.25, 0.3) is 10.8 Å². The van der Waals surface area contributed by atoms with E-state index in [1.807, 2.05) is 11.8 Å². The summed E-state index contributed by atoms with van der Waals surface area (Å²) >= 11 is 5.33. The van der Waals surface area contributed by atoms with Gasteiger partial charge in [-0.05, 0) is 47.4 Å². The van der Waals surface area contributed by atoms with Gasteiger partial charge in [0.1, 0.15) is 0 Å². The first-order valence-electron chi connectivity index (χ1n) is 7.29. The highest BCUT2D eigenvalue weighted by molar-refractivity contribution is 9.10. The van der Waals surface area contributed by atoms with Crippen LogP contribution in [0.5, 0.6) is 0 Å². The Morgan fingerprint density at radius 3 is 2.76 bits per heavy atom. The lowest BCUT2D eigenvalue weighted by atomic mass is 10.0. The molecule has 21 heavy (non-hydrogen) atoms. The number of anilines is 1. The molecule has 0 saturated heterocycles. The molecule has 1 aliphatic heterocycles. The number of hydrogen-bond acceptors (Lipinski definition) is 3. The van der Waals surface area contributed by atoms with E-state index in [1.54, 1.807) is 0 Å². The van der Waals surface area contributed by atoms with Crippen molar-refractivity contribution in [3.8, 4) is 0 Å². The van der Waals surface area contributed by atoms with E-state index in [9.17, 15) is 0 Å². The minimum absolute atomic E-state index is 0.449. The SMILES string of the molecule is CC(C)C1CCSC(Nc2ccc3cc(Br)ccc3c2)=N1. The van der Waals surface area contributed by atoms with Gasteiger partial charge in [0.2, 0.25) is 0 Å². The number of halogens is 1. The lowest BCUT2D eigenvalue weighted by molar-refractivity contribution is 0.485. The van der Waals surface area contributed by atoms with E-state index in [0.29, 0.717) is 12.0 Å². The fraction of sp³-hybridized carbons (Fsp3) is 0.353. The van der Waals surface area contributed by atoms with Crippen LogP contribution in [0.1, 0.15) is 20.3 Å². The van der Waals surface area contributed by atoms with Gasteiger partial charge >= 0.3 is 0 Å². The predicted molar refractivity (Wildman–Crippen MR) is 98.4 cm³/mol. The van der Waals surface area contributed by atoms with Crippen LogP contribution < -0.4 is 5.32 Å². The van der Waals surface area contributed by atoms with Crippen LogP contribution in [0.3, 0.4) is 0 Å². The van der Waals surface area contributed by atoms with Gasteiger partial charge in [-0.25, -0.2) is 0 Å². The van der Waals surface area contributed by atoms with Crippen molar-refractivity contribution >= 4 is 49.3 Å². The quantitative estimate of drug-likeness (QED) is 0.758. The fourth-order valence-corrected chi connectivity index (χ4v) is 3.83. The Kier molecular flexibility index (Phi) is 4.55. The van der Waals surface area contributed by atoms with Crippen molar-refractivity contribution in [3.05, 3.63) is 40.9 Å². The summed E-state index contributed by atoms with van der Waals surface area (Å²) in [7, 11) is 0. The summed E-state index contributed by atoms with van der Waals surface area (Å²) in [5.74, 6) is 1.76. The molecule has 1 N–H and O–H groups in total. The molecule has 2 aromatic rings. The van der Waals surface area contributed by atoms with Crippen LogP contribution in [0, 0.1) is 5.92 Å². The molecule has 1 unspecified atom stereocenters. The largest absolute Gasteiger partial charge is 0.335 e. The van der Waals surface area contributed by atoms with Crippen LogP contribution >= 0.6 is 27.7 Å². The standard InChI is InChI=1S/C17H19BrN2S/c1-11(2)16-7-8-21-17(20-16)19-15-6-4-12-9-14(18)5-3-13(12)10-15/h3-6,9-11,16H,7-8H2,1-2H3,(H,19,20). The van der Waals surface area contributed by atoms with E-state index in [4.69, 9.17) is 4.99 Å². The minimum atomic E-state index is 0.449. The number of amidine groups is 1.